The molecule has 2 N–H and O–H groups in total. The van der Waals surface area contributed by atoms with E-state index in [0.29, 0.717) is 16.1 Å². The summed E-state index contributed by atoms with van der Waals surface area (Å²) in [5.41, 5.74) is 6.81. The Balaban J connectivity index is 2.19. The van der Waals surface area contributed by atoms with Crippen LogP contribution in [0.4, 0.5) is 5.82 Å². The van der Waals surface area contributed by atoms with Gasteiger partial charge in [0.15, 0.2) is 0 Å². The van der Waals surface area contributed by atoms with Crippen LogP contribution in [-0.4, -0.2) is 23.1 Å². The van der Waals surface area contributed by atoms with Crippen LogP contribution in [0, 0.1) is 5.41 Å². The maximum absolute atomic E-state index is 5.64. The van der Waals surface area contributed by atoms with Crippen molar-refractivity contribution in [3.05, 3.63) is 23.9 Å². The van der Waals surface area contributed by atoms with Crippen molar-refractivity contribution in [2.45, 2.75) is 33.1 Å². The van der Waals surface area contributed by atoms with Crippen LogP contribution in [0.5, 0.6) is 0 Å². The highest BCUT2D eigenvalue weighted by molar-refractivity contribution is 7.80. The van der Waals surface area contributed by atoms with E-state index < -0.39 is 0 Å². The van der Waals surface area contributed by atoms with E-state index in [0.717, 1.165) is 18.9 Å². The third-order valence-electron chi connectivity index (χ3n) is 4.25. The molecular weight excluding hydrogens is 242 g/mol. The fourth-order valence-electron chi connectivity index (χ4n) is 2.69. The molecule has 1 saturated heterocycles. The molecule has 98 valence electrons. The molecule has 2 heterocycles. The molecule has 0 atom stereocenters. The molecule has 1 fully saturated rings. The largest absolute Gasteiger partial charge is 0.388 e. The summed E-state index contributed by atoms with van der Waals surface area (Å²) in [6, 6.07) is 5.90. The van der Waals surface area contributed by atoms with Crippen LogP contribution in [0.3, 0.4) is 0 Å². The first-order valence-corrected chi connectivity index (χ1v) is 7.03. The normalized spacial score (nSPS) is 18.0. The van der Waals surface area contributed by atoms with Gasteiger partial charge in [0.05, 0.1) is 5.69 Å². The second kappa shape index (κ2) is 5.22. The van der Waals surface area contributed by atoms with E-state index in [1.54, 1.807) is 0 Å². The van der Waals surface area contributed by atoms with Crippen LogP contribution in [0.1, 0.15) is 38.8 Å². The van der Waals surface area contributed by atoms with E-state index in [1.807, 2.05) is 18.2 Å². The molecule has 4 heteroatoms. The van der Waals surface area contributed by atoms with Crippen LogP contribution >= 0.6 is 12.2 Å². The molecule has 0 spiro atoms. The molecule has 0 radical (unpaired) electrons. The quantitative estimate of drug-likeness (QED) is 0.848. The van der Waals surface area contributed by atoms with E-state index in [1.165, 1.54) is 19.3 Å². The van der Waals surface area contributed by atoms with E-state index in [4.69, 9.17) is 18.0 Å². The average Bonchev–Trinajstić information content (AvgIpc) is 2.84. The van der Waals surface area contributed by atoms with E-state index in [9.17, 15) is 0 Å². The fourth-order valence-corrected chi connectivity index (χ4v) is 2.81. The maximum Gasteiger partial charge on any atom is 0.129 e. The standard InChI is InChI=1S/C14H21N3S/c1-3-14(4-2)8-9-17(10-14)12-7-5-6-11(16-12)13(15)18/h5-7H,3-4,8-10H2,1-2H3,(H2,15,18). The number of nitrogens with zero attached hydrogens (tertiary/aromatic N) is 2. The number of pyridine rings is 1. The molecule has 0 aromatic carbocycles. The SMILES string of the molecule is CCC1(CC)CCN(c2cccc(C(N)=S)n2)C1. The highest BCUT2D eigenvalue weighted by Crippen LogP contribution is 2.38. The first-order chi connectivity index (χ1) is 8.60. The number of nitrogens with two attached hydrogens (primary N) is 1. The molecule has 0 unspecified atom stereocenters. The molecule has 18 heavy (non-hydrogen) atoms. The molecule has 2 rings (SSSR count). The summed E-state index contributed by atoms with van der Waals surface area (Å²) in [4.78, 5) is 7.27. The zero-order valence-electron chi connectivity index (χ0n) is 11.1. The lowest BCUT2D eigenvalue weighted by atomic mass is 9.82. The van der Waals surface area contributed by atoms with Gasteiger partial charge in [-0.3, -0.25) is 0 Å². The van der Waals surface area contributed by atoms with Crippen molar-refractivity contribution in [3.63, 3.8) is 0 Å². The van der Waals surface area contributed by atoms with Crippen molar-refractivity contribution in [2.75, 3.05) is 18.0 Å². The van der Waals surface area contributed by atoms with Crippen molar-refractivity contribution in [3.8, 4) is 0 Å². The van der Waals surface area contributed by atoms with Gasteiger partial charge in [0.1, 0.15) is 10.8 Å². The zero-order chi connectivity index (χ0) is 13.2. The lowest BCUT2D eigenvalue weighted by Gasteiger charge is -2.26. The van der Waals surface area contributed by atoms with Crippen molar-refractivity contribution < 1.29 is 0 Å². The number of hydrogen-bond donors (Lipinski definition) is 1. The Morgan fingerprint density at radius 3 is 2.72 bits per heavy atom. The summed E-state index contributed by atoms with van der Waals surface area (Å²) in [5, 5.41) is 0. The highest BCUT2D eigenvalue weighted by atomic mass is 32.1. The van der Waals surface area contributed by atoms with Crippen LogP contribution in [0.2, 0.25) is 0 Å². The van der Waals surface area contributed by atoms with Gasteiger partial charge in [-0.25, -0.2) is 4.98 Å². The van der Waals surface area contributed by atoms with Gasteiger partial charge in [0, 0.05) is 13.1 Å². The first-order valence-electron chi connectivity index (χ1n) is 6.62. The Labute approximate surface area is 114 Å². The topological polar surface area (TPSA) is 42.1 Å². The van der Waals surface area contributed by atoms with E-state index >= 15 is 0 Å². The minimum atomic E-state index is 0.369. The third kappa shape index (κ3) is 2.48. The van der Waals surface area contributed by atoms with Gasteiger partial charge < -0.3 is 10.6 Å². The third-order valence-corrected chi connectivity index (χ3v) is 4.46. The summed E-state index contributed by atoms with van der Waals surface area (Å²) in [7, 11) is 0. The summed E-state index contributed by atoms with van der Waals surface area (Å²) in [6.07, 6.45) is 3.71. The second-order valence-corrected chi connectivity index (χ2v) is 5.56. The fraction of sp³-hybridized carbons (Fsp3) is 0.571. The van der Waals surface area contributed by atoms with Crippen LogP contribution in [-0.2, 0) is 0 Å². The molecule has 0 amide bonds. The Morgan fingerprint density at radius 2 is 2.17 bits per heavy atom. The van der Waals surface area contributed by atoms with Gasteiger partial charge in [-0.15, -0.1) is 0 Å². The number of thiocarbonyl (C=S) groups is 1. The van der Waals surface area contributed by atoms with Gasteiger partial charge in [0.25, 0.3) is 0 Å². The molecule has 3 nitrogen and oxygen atoms in total. The van der Waals surface area contributed by atoms with Gasteiger partial charge in [-0.2, -0.15) is 0 Å². The molecule has 1 aromatic rings. The van der Waals surface area contributed by atoms with Crippen LogP contribution in [0.15, 0.2) is 18.2 Å². The average molecular weight is 263 g/mol. The molecule has 0 bridgehead atoms. The second-order valence-electron chi connectivity index (χ2n) is 5.12. The lowest BCUT2D eigenvalue weighted by molar-refractivity contribution is 0.301. The molecule has 1 aliphatic heterocycles. The predicted molar refractivity (Wildman–Crippen MR) is 80.0 cm³/mol. The summed E-state index contributed by atoms with van der Waals surface area (Å²) in [6.45, 7) is 6.74. The number of aromatic nitrogens is 1. The molecule has 0 saturated carbocycles. The van der Waals surface area contributed by atoms with Gasteiger partial charge in [0.2, 0.25) is 0 Å². The lowest BCUT2D eigenvalue weighted by Crippen LogP contribution is -2.27. The van der Waals surface area contributed by atoms with E-state index in [2.05, 4.69) is 23.7 Å². The van der Waals surface area contributed by atoms with Crippen molar-refractivity contribution in [1.29, 1.82) is 0 Å². The monoisotopic (exact) mass is 263 g/mol. The van der Waals surface area contributed by atoms with Crippen molar-refractivity contribution in [1.82, 2.24) is 4.98 Å². The Morgan fingerprint density at radius 1 is 1.44 bits per heavy atom. The van der Waals surface area contributed by atoms with Crippen LogP contribution in [0.25, 0.3) is 0 Å². The van der Waals surface area contributed by atoms with Crippen LogP contribution < -0.4 is 10.6 Å². The zero-order valence-corrected chi connectivity index (χ0v) is 12.0. The molecule has 1 aliphatic rings. The summed E-state index contributed by atoms with van der Waals surface area (Å²) < 4.78 is 0. The predicted octanol–water partition coefficient (Wildman–Crippen LogP) is 2.73. The smallest absolute Gasteiger partial charge is 0.129 e. The number of hydrogen-bond acceptors (Lipinski definition) is 3. The minimum Gasteiger partial charge on any atom is -0.388 e. The molecular formula is C14H21N3S. The van der Waals surface area contributed by atoms with E-state index in [-0.39, 0.29) is 0 Å². The molecule has 1 aromatic heterocycles. The van der Waals surface area contributed by atoms with Crippen molar-refractivity contribution >= 4 is 23.0 Å². The summed E-state index contributed by atoms with van der Waals surface area (Å²) in [5.74, 6) is 1.00. The Hall–Kier alpha value is -1.16. The summed E-state index contributed by atoms with van der Waals surface area (Å²) >= 11 is 4.98. The van der Waals surface area contributed by atoms with Gasteiger partial charge in [-0.1, -0.05) is 32.1 Å². The maximum atomic E-state index is 5.64. The Kier molecular flexibility index (Phi) is 3.85. The molecule has 0 aliphatic carbocycles. The highest BCUT2D eigenvalue weighted by Gasteiger charge is 2.35. The van der Waals surface area contributed by atoms with Gasteiger partial charge >= 0.3 is 0 Å². The van der Waals surface area contributed by atoms with Gasteiger partial charge in [-0.05, 0) is 36.8 Å². The Bertz CT molecular complexity index is 440. The first kappa shape index (κ1) is 13.3. The number of anilines is 1. The minimum absolute atomic E-state index is 0.369. The van der Waals surface area contributed by atoms with Crippen molar-refractivity contribution in [2.24, 2.45) is 11.1 Å². The number of rotatable bonds is 4.